The van der Waals surface area contributed by atoms with Crippen LogP contribution in [0, 0.1) is 5.82 Å². The number of nitrogens with zero attached hydrogens (tertiary/aromatic N) is 2. The highest BCUT2D eigenvalue weighted by atomic mass is 19.1. The Morgan fingerprint density at radius 2 is 1.59 bits per heavy atom. The van der Waals surface area contributed by atoms with Gasteiger partial charge in [-0.1, -0.05) is 42.5 Å². The number of aliphatic hydroxyl groups is 1. The number of aliphatic hydroxyl groups excluding tert-OH is 1. The second-order valence-corrected chi connectivity index (χ2v) is 9.01. The van der Waals surface area contributed by atoms with Crippen molar-refractivity contribution in [3.8, 4) is 0 Å². The molecular weight excluding hydrogens is 477 g/mol. The first-order valence-corrected chi connectivity index (χ1v) is 11.6. The maximum Gasteiger partial charge on any atom is 0.321 e. The fourth-order valence-electron chi connectivity index (χ4n) is 4.23. The molecule has 0 fully saturated rings. The molecule has 4 aromatic rings. The molecule has 1 aromatic heterocycles. The number of fused-ring (bicyclic) bond motifs is 1. The molecule has 3 aromatic carbocycles. The number of benzene rings is 3. The van der Waals surface area contributed by atoms with E-state index in [4.69, 9.17) is 0 Å². The van der Waals surface area contributed by atoms with Gasteiger partial charge < -0.3 is 15.2 Å². The number of ketones is 2. The van der Waals surface area contributed by atoms with E-state index in [1.165, 1.54) is 35.2 Å². The minimum Gasteiger partial charge on any atom is -0.480 e. The summed E-state index contributed by atoms with van der Waals surface area (Å²) in [6.45, 7) is 0. The minimum atomic E-state index is -1.39. The third-order valence-corrected chi connectivity index (χ3v) is 6.23. The molecule has 4 rings (SSSR count). The first-order valence-electron chi connectivity index (χ1n) is 11.6. The number of aliphatic carboxylic acids is 1. The highest BCUT2D eigenvalue weighted by Gasteiger charge is 2.34. The topological polar surface area (TPSA) is 124 Å². The van der Waals surface area contributed by atoms with Gasteiger partial charge in [-0.15, -0.1) is 0 Å². The summed E-state index contributed by atoms with van der Waals surface area (Å²) >= 11 is 0. The number of hydrogen-bond donors (Lipinski definition) is 3. The van der Waals surface area contributed by atoms with E-state index in [9.17, 15) is 29.0 Å². The summed E-state index contributed by atoms with van der Waals surface area (Å²) in [5, 5.41) is 20.2. The van der Waals surface area contributed by atoms with Crippen molar-refractivity contribution in [1.29, 1.82) is 0 Å². The van der Waals surface area contributed by atoms with Gasteiger partial charge >= 0.3 is 5.97 Å². The van der Waals surface area contributed by atoms with E-state index in [1.54, 1.807) is 50.5 Å². The monoisotopic (exact) mass is 503 g/mol. The molecule has 3 atom stereocenters. The smallest absolute Gasteiger partial charge is 0.321 e. The lowest BCUT2D eigenvalue weighted by Gasteiger charge is -2.23. The number of Topliss-reactive ketones (excluding diaryl/α,β-unsaturated/α-hetero) is 2. The molecule has 0 saturated carbocycles. The predicted molar refractivity (Wildman–Crippen MR) is 135 cm³/mol. The van der Waals surface area contributed by atoms with Crippen LogP contribution < -0.4 is 0 Å². The number of aromatic amines is 1. The molecule has 0 aliphatic carbocycles. The lowest BCUT2D eigenvalue weighted by atomic mass is 9.88. The molecule has 3 unspecified atom stereocenters. The van der Waals surface area contributed by atoms with Crippen LogP contribution in [0.25, 0.3) is 11.0 Å². The Morgan fingerprint density at radius 1 is 0.946 bits per heavy atom. The van der Waals surface area contributed by atoms with Crippen LogP contribution in [0.2, 0.25) is 0 Å². The largest absolute Gasteiger partial charge is 0.480 e. The van der Waals surface area contributed by atoms with E-state index >= 15 is 0 Å². The number of halogens is 1. The highest BCUT2D eigenvalue weighted by molar-refractivity contribution is 6.19. The Balaban J connectivity index is 1.72. The predicted octanol–water partition coefficient (Wildman–Crippen LogP) is 3.99. The van der Waals surface area contributed by atoms with Crippen molar-refractivity contribution in [2.24, 2.45) is 0 Å². The molecule has 9 heteroatoms. The Labute approximate surface area is 212 Å². The number of hydrogen-bond acceptors (Lipinski definition) is 6. The first-order chi connectivity index (χ1) is 17.7. The Bertz CT molecular complexity index is 1430. The first kappa shape index (κ1) is 25.9. The van der Waals surface area contributed by atoms with Crippen molar-refractivity contribution < 1.29 is 29.0 Å². The van der Waals surface area contributed by atoms with Crippen molar-refractivity contribution in [3.63, 3.8) is 0 Å². The van der Waals surface area contributed by atoms with Crippen molar-refractivity contribution in [2.75, 3.05) is 14.1 Å². The normalized spacial score (nSPS) is 13.9. The summed E-state index contributed by atoms with van der Waals surface area (Å²) in [7, 11) is 3.20. The van der Waals surface area contributed by atoms with Crippen molar-refractivity contribution >= 4 is 28.6 Å². The number of carbonyl (C=O) groups is 3. The number of likely N-dealkylation sites (N-methyl/N-ethyl adjacent to an activating group) is 1. The molecule has 0 aliphatic heterocycles. The van der Waals surface area contributed by atoms with Crippen LogP contribution in [0.15, 0.2) is 72.8 Å². The van der Waals surface area contributed by atoms with Gasteiger partial charge in [0.1, 0.15) is 23.6 Å². The Hall–Kier alpha value is -4.21. The number of H-pyrrole nitrogens is 1. The molecule has 0 spiro atoms. The molecular formula is C28H26FN3O5. The molecule has 0 radical (unpaired) electrons. The van der Waals surface area contributed by atoms with Gasteiger partial charge in [-0.25, -0.2) is 9.37 Å². The molecule has 190 valence electrons. The zero-order valence-corrected chi connectivity index (χ0v) is 20.3. The van der Waals surface area contributed by atoms with E-state index in [0.29, 0.717) is 16.6 Å². The van der Waals surface area contributed by atoms with Gasteiger partial charge in [0.15, 0.2) is 11.6 Å². The molecule has 0 aliphatic rings. The number of carboxylic acids is 1. The van der Waals surface area contributed by atoms with Crippen LogP contribution in [-0.4, -0.2) is 62.8 Å². The zero-order chi connectivity index (χ0) is 26.7. The lowest BCUT2D eigenvalue weighted by molar-refractivity contribution is -0.143. The number of carbonyl (C=O) groups excluding carboxylic acids is 2. The summed E-state index contributed by atoms with van der Waals surface area (Å²) in [5.41, 5.74) is 1.68. The van der Waals surface area contributed by atoms with Gasteiger partial charge in [-0.3, -0.25) is 19.3 Å². The standard InChI is InChI=1S/C28H26FN3O5/c1-32(2)22(28(36)37)15-23(33)16-7-5-8-17(13-16)25(34)24(26(35)18-9-6-10-19(29)14-18)27-30-20-11-3-4-12-21(20)31-27/h3-14,22-24,33H,15H2,1-2H3,(H,30,31)(H,36,37). The number of imidazole rings is 1. The highest BCUT2D eigenvalue weighted by Crippen LogP contribution is 2.28. The van der Waals surface area contributed by atoms with E-state index in [1.807, 2.05) is 0 Å². The zero-order valence-electron chi connectivity index (χ0n) is 20.3. The summed E-state index contributed by atoms with van der Waals surface area (Å²) in [4.78, 5) is 47.8. The molecule has 0 amide bonds. The summed E-state index contributed by atoms with van der Waals surface area (Å²) in [6, 6.07) is 17.3. The molecule has 1 heterocycles. The summed E-state index contributed by atoms with van der Waals surface area (Å²) in [6.07, 6.45) is -1.27. The van der Waals surface area contributed by atoms with Gasteiger partial charge in [-0.05, 0) is 50.0 Å². The number of aromatic nitrogens is 2. The molecule has 8 nitrogen and oxygen atoms in total. The van der Waals surface area contributed by atoms with Gasteiger partial charge in [0.25, 0.3) is 0 Å². The molecule has 37 heavy (non-hydrogen) atoms. The van der Waals surface area contributed by atoms with Crippen LogP contribution in [-0.2, 0) is 4.79 Å². The quantitative estimate of drug-likeness (QED) is 0.221. The SMILES string of the molecule is CN(C)C(CC(O)c1cccc(C(=O)C(C(=O)c2cccc(F)c2)c2nc3ccccc3[nH]2)c1)C(=O)O. The third kappa shape index (κ3) is 5.63. The van der Waals surface area contributed by atoms with E-state index in [0.717, 1.165) is 6.07 Å². The molecule has 0 bridgehead atoms. The molecule has 0 saturated heterocycles. The Morgan fingerprint density at radius 3 is 2.22 bits per heavy atom. The van der Waals surface area contributed by atoms with E-state index in [2.05, 4.69) is 9.97 Å². The van der Waals surface area contributed by atoms with Gasteiger partial charge in [0.05, 0.1) is 17.1 Å². The second kappa shape index (κ2) is 10.8. The summed E-state index contributed by atoms with van der Waals surface area (Å²) in [5.74, 6) is -4.19. The third-order valence-electron chi connectivity index (χ3n) is 6.23. The minimum absolute atomic E-state index is 0.0188. The number of carboxylic acid groups (broad SMARTS) is 1. The molecule has 3 N–H and O–H groups in total. The van der Waals surface area contributed by atoms with Crippen molar-refractivity contribution in [2.45, 2.75) is 24.5 Å². The fraction of sp³-hybridized carbons (Fsp3) is 0.214. The van der Waals surface area contributed by atoms with Crippen molar-refractivity contribution in [3.05, 3.63) is 101 Å². The van der Waals surface area contributed by atoms with Crippen LogP contribution in [0.1, 0.15) is 50.5 Å². The van der Waals surface area contributed by atoms with Gasteiger partial charge in [0, 0.05) is 17.5 Å². The average molecular weight is 504 g/mol. The number of para-hydroxylation sites is 2. The number of nitrogens with one attached hydrogen (secondary N) is 1. The van der Waals surface area contributed by atoms with Crippen LogP contribution >= 0.6 is 0 Å². The van der Waals surface area contributed by atoms with Crippen LogP contribution in [0.5, 0.6) is 0 Å². The van der Waals surface area contributed by atoms with Crippen LogP contribution in [0.4, 0.5) is 4.39 Å². The van der Waals surface area contributed by atoms with E-state index < -0.39 is 41.4 Å². The maximum atomic E-state index is 13.9. The lowest BCUT2D eigenvalue weighted by Crippen LogP contribution is -2.37. The van der Waals surface area contributed by atoms with Gasteiger partial charge in [-0.2, -0.15) is 0 Å². The average Bonchev–Trinajstić information content (AvgIpc) is 3.30. The number of rotatable bonds is 10. The second-order valence-electron chi connectivity index (χ2n) is 9.01. The maximum absolute atomic E-state index is 13.9. The van der Waals surface area contributed by atoms with Crippen molar-refractivity contribution in [1.82, 2.24) is 14.9 Å². The van der Waals surface area contributed by atoms with E-state index in [-0.39, 0.29) is 23.4 Å². The summed E-state index contributed by atoms with van der Waals surface area (Å²) < 4.78 is 13.9. The fourth-order valence-corrected chi connectivity index (χ4v) is 4.23. The van der Waals surface area contributed by atoms with Gasteiger partial charge in [0.2, 0.25) is 0 Å². The van der Waals surface area contributed by atoms with Crippen LogP contribution in [0.3, 0.4) is 0 Å². The Kier molecular flexibility index (Phi) is 7.56.